The Bertz CT molecular complexity index is 214. The first-order chi connectivity index (χ1) is 4.00. The maximum Gasteiger partial charge on any atom is 3.00 e. The van der Waals surface area contributed by atoms with Crippen LogP contribution in [0.15, 0.2) is 0 Å². The van der Waals surface area contributed by atoms with Gasteiger partial charge in [-0.2, -0.15) is 0 Å². The van der Waals surface area contributed by atoms with Gasteiger partial charge in [0, 0.05) is 10.4 Å². The summed E-state index contributed by atoms with van der Waals surface area (Å²) >= 11 is 0. The van der Waals surface area contributed by atoms with Crippen LogP contribution in [0.3, 0.4) is 0 Å². The van der Waals surface area contributed by atoms with Crippen molar-refractivity contribution in [1.82, 2.24) is 6.15 Å². The van der Waals surface area contributed by atoms with Crippen LogP contribution in [0.2, 0.25) is 0 Å². The molecule has 0 fully saturated rings. The minimum Gasteiger partial charge on any atom is -0.759 e. The van der Waals surface area contributed by atoms with Crippen LogP contribution >= 0.6 is 0 Å². The van der Waals surface area contributed by atoms with Crippen LogP contribution in [0.1, 0.15) is 0 Å². The fourth-order valence-electron chi connectivity index (χ4n) is 0. The molecule has 0 aromatic rings. The molecular weight excluding hydrogens is 362 g/mol. The first kappa shape index (κ1) is 29.2. The van der Waals surface area contributed by atoms with Gasteiger partial charge in [0.05, 0.1) is 0 Å². The van der Waals surface area contributed by atoms with Gasteiger partial charge < -0.3 is 25.3 Å². The Hall–Kier alpha value is 1.04. The van der Waals surface area contributed by atoms with Crippen molar-refractivity contribution in [2.75, 3.05) is 0 Å². The molecular formula is H6CeNO9S2. The van der Waals surface area contributed by atoms with E-state index in [4.69, 9.17) is 35.0 Å². The molecule has 6 N–H and O–H groups in total. The Balaban J connectivity index is -0.0000000267. The van der Waals surface area contributed by atoms with Crippen LogP contribution in [-0.4, -0.2) is 40.5 Å². The fraction of sp³-hybridized carbons (Fsp3) is 0. The smallest absolute Gasteiger partial charge is 0.759 e. The molecule has 0 aromatic carbocycles. The van der Waals surface area contributed by atoms with Crippen molar-refractivity contribution in [3.8, 4) is 0 Å². The summed E-state index contributed by atoms with van der Waals surface area (Å²) in [5.41, 5.74) is 0. The summed E-state index contributed by atoms with van der Waals surface area (Å²) < 4.78 is 66.9. The standard InChI is InChI=1S/Ce.H3N.2H2O4S.H2O/c;;2*1-5(2,3)4;/h;1H3;2*(H2,1,2,3,4);1H2/q+3;;;;/p-3. The molecule has 0 saturated heterocycles. The first-order valence-corrected chi connectivity index (χ1v) is 4.05. The number of rotatable bonds is 0. The van der Waals surface area contributed by atoms with E-state index in [0.717, 1.165) is 0 Å². The summed E-state index contributed by atoms with van der Waals surface area (Å²) in [5.74, 6) is 0. The van der Waals surface area contributed by atoms with E-state index in [9.17, 15) is 0 Å². The first-order valence-electron chi connectivity index (χ1n) is 1.35. The van der Waals surface area contributed by atoms with Crippen molar-refractivity contribution in [2.45, 2.75) is 0 Å². The second-order valence-corrected chi connectivity index (χ2v) is 2.51. The van der Waals surface area contributed by atoms with Crippen molar-refractivity contribution in [3.63, 3.8) is 0 Å². The van der Waals surface area contributed by atoms with Gasteiger partial charge in [0.1, 0.15) is 0 Å². The van der Waals surface area contributed by atoms with Crippen molar-refractivity contribution >= 4 is 20.8 Å². The molecule has 0 bridgehead atoms. The minimum absolute atomic E-state index is 0. The largest absolute Gasteiger partial charge is 3.00 e. The molecule has 13 heteroatoms. The van der Waals surface area contributed by atoms with Crippen molar-refractivity contribution in [1.29, 1.82) is 0 Å². The molecule has 0 spiro atoms. The normalized spacial score (nSPS) is 8.92. The fourth-order valence-corrected chi connectivity index (χ4v) is 0. The second kappa shape index (κ2) is 11.1. The predicted octanol–water partition coefficient (Wildman–Crippen LogP) is -3.00. The van der Waals surface area contributed by atoms with Gasteiger partial charge in [-0.15, -0.1) is 0 Å². The third kappa shape index (κ3) is 1480. The van der Waals surface area contributed by atoms with E-state index in [0.29, 0.717) is 0 Å². The molecule has 0 unspecified atom stereocenters. The second-order valence-electron chi connectivity index (χ2n) is 0.836. The molecule has 0 heterocycles. The van der Waals surface area contributed by atoms with Gasteiger partial charge in [-0.05, 0) is 0 Å². The molecule has 0 atom stereocenters. The Morgan fingerprint density at radius 2 is 0.923 bits per heavy atom. The third-order valence-electron chi connectivity index (χ3n) is 0. The number of hydrogen-bond donors (Lipinski definition) is 2. The third-order valence-corrected chi connectivity index (χ3v) is 0. The van der Waals surface area contributed by atoms with E-state index in [2.05, 4.69) is 0 Å². The van der Waals surface area contributed by atoms with Crippen molar-refractivity contribution in [3.05, 3.63) is 0 Å². The van der Waals surface area contributed by atoms with Gasteiger partial charge in [-0.1, -0.05) is 0 Å². The van der Waals surface area contributed by atoms with Gasteiger partial charge in [-0.3, -0.25) is 13.0 Å². The molecule has 0 rings (SSSR count). The van der Waals surface area contributed by atoms with Crippen LogP contribution in [-0.2, 0) is 20.8 Å². The van der Waals surface area contributed by atoms with Crippen LogP contribution < -0.4 is 6.15 Å². The molecule has 0 aromatic heterocycles. The van der Waals surface area contributed by atoms with E-state index in [-0.39, 0.29) is 53.4 Å². The molecule has 10 nitrogen and oxygen atoms in total. The summed E-state index contributed by atoms with van der Waals surface area (Å²) in [6.45, 7) is 0. The van der Waals surface area contributed by atoms with Crippen LogP contribution in [0, 0.1) is 41.7 Å². The van der Waals surface area contributed by atoms with Crippen molar-refractivity contribution in [2.24, 2.45) is 0 Å². The molecule has 13 heavy (non-hydrogen) atoms. The summed E-state index contributed by atoms with van der Waals surface area (Å²) in [7, 11) is -10.1. The molecule has 0 saturated carbocycles. The van der Waals surface area contributed by atoms with Crippen LogP contribution in [0.5, 0.6) is 0 Å². The molecule has 0 amide bonds. The molecule has 0 aliphatic rings. The maximum absolute atomic E-state index is 8.63. The Morgan fingerprint density at radius 3 is 0.923 bits per heavy atom. The van der Waals surface area contributed by atoms with Gasteiger partial charge in [0.15, 0.2) is 0 Å². The van der Waals surface area contributed by atoms with E-state index in [1.807, 2.05) is 0 Å². The Morgan fingerprint density at radius 1 is 0.923 bits per heavy atom. The van der Waals surface area contributed by atoms with Gasteiger partial charge in [0.2, 0.25) is 10.4 Å². The quantitative estimate of drug-likeness (QED) is 0.327. The summed E-state index contributed by atoms with van der Waals surface area (Å²) in [6.07, 6.45) is 0. The average Bonchev–Trinajstić information content (AvgIpc) is 1.12. The van der Waals surface area contributed by atoms with E-state index < -0.39 is 20.8 Å². The SMILES string of the molecule is N.O.O=S(=O)([O-])O.O=S(=O)([O-])[O-].[Ce+3]. The summed E-state index contributed by atoms with van der Waals surface area (Å²) in [6, 6.07) is 0. The van der Waals surface area contributed by atoms with Crippen LogP contribution in [0.4, 0.5) is 0 Å². The zero-order chi connectivity index (χ0) is 9.00. The van der Waals surface area contributed by atoms with Crippen molar-refractivity contribution < 1.29 is 82.3 Å². The molecule has 81 valence electrons. The Kier molecular flexibility index (Phi) is 25.0. The average molecular weight is 368 g/mol. The van der Waals surface area contributed by atoms with Gasteiger partial charge in [0.25, 0.3) is 0 Å². The van der Waals surface area contributed by atoms with Gasteiger partial charge >= 0.3 is 41.7 Å². The van der Waals surface area contributed by atoms with Gasteiger partial charge in [-0.25, -0.2) is 8.42 Å². The van der Waals surface area contributed by atoms with E-state index >= 15 is 0 Å². The molecule has 0 aliphatic heterocycles. The summed E-state index contributed by atoms with van der Waals surface area (Å²) in [5, 5.41) is 0. The predicted molar refractivity (Wildman–Crippen MR) is 31.4 cm³/mol. The zero-order valence-electron chi connectivity index (χ0n) is 5.83. The Labute approximate surface area is 108 Å². The van der Waals surface area contributed by atoms with Crippen LogP contribution in [0.25, 0.3) is 0 Å². The van der Waals surface area contributed by atoms with E-state index in [1.165, 1.54) is 0 Å². The number of hydrogen-bond acceptors (Lipinski definition) is 8. The van der Waals surface area contributed by atoms with E-state index in [1.54, 1.807) is 0 Å². The zero-order valence-corrected chi connectivity index (χ0v) is 10.6. The summed E-state index contributed by atoms with van der Waals surface area (Å²) in [4.78, 5) is 0. The monoisotopic (exact) mass is 368 g/mol. The molecule has 0 aliphatic carbocycles. The minimum atomic E-state index is -5.17. The molecule has 1 radical (unpaired) electrons. The maximum atomic E-state index is 8.63. The topological polar surface area (TPSA) is 224 Å².